The van der Waals surface area contributed by atoms with Crippen LogP contribution < -0.4 is 10.3 Å². The number of nitrogens with one attached hydrogen (secondary N) is 1. The lowest BCUT2D eigenvalue weighted by Gasteiger charge is -2.34. The summed E-state index contributed by atoms with van der Waals surface area (Å²) in [6.45, 7) is 4.64. The van der Waals surface area contributed by atoms with E-state index in [1.54, 1.807) is 0 Å². The zero-order valence-corrected chi connectivity index (χ0v) is 15.5. The Morgan fingerprint density at radius 1 is 0.963 bits per heavy atom. The van der Waals surface area contributed by atoms with Crippen LogP contribution in [0.5, 0.6) is 0 Å². The van der Waals surface area contributed by atoms with Gasteiger partial charge in [0, 0.05) is 26.2 Å². The van der Waals surface area contributed by atoms with Crippen LogP contribution in [-0.2, 0) is 4.79 Å². The highest BCUT2D eigenvalue weighted by Crippen LogP contribution is 2.37. The minimum atomic E-state index is 0.0358. The quantitative estimate of drug-likeness (QED) is 0.888. The van der Waals surface area contributed by atoms with Crippen LogP contribution in [0.25, 0.3) is 0 Å². The van der Waals surface area contributed by atoms with E-state index < -0.39 is 0 Å². The zero-order valence-electron chi connectivity index (χ0n) is 15.5. The molecule has 0 bridgehead atoms. The van der Waals surface area contributed by atoms with E-state index in [2.05, 4.69) is 51.8 Å². The zero-order chi connectivity index (χ0) is 18.5. The smallest absolute Gasteiger partial charge is 0.243 e. The third kappa shape index (κ3) is 3.98. The van der Waals surface area contributed by atoms with Gasteiger partial charge in [-0.3, -0.25) is 9.80 Å². The summed E-state index contributed by atoms with van der Waals surface area (Å²) in [6.07, 6.45) is 4.74. The molecule has 140 valence electrons. The number of amides is 1. The highest BCUT2D eigenvalue weighted by Gasteiger charge is 2.38. The van der Waals surface area contributed by atoms with E-state index in [1.165, 1.54) is 5.56 Å². The minimum Gasteiger partial charge on any atom is -0.375 e. The Morgan fingerprint density at radius 2 is 1.63 bits per heavy atom. The first-order chi connectivity index (χ1) is 13.3. The van der Waals surface area contributed by atoms with Crippen LogP contribution in [0, 0.1) is 0 Å². The third-order valence-electron chi connectivity index (χ3n) is 5.16. The largest absolute Gasteiger partial charge is 0.375 e. The maximum absolute atomic E-state index is 12.9. The molecule has 1 N–H and O–H groups in total. The van der Waals surface area contributed by atoms with Crippen LogP contribution in [0.3, 0.4) is 0 Å². The molecule has 0 saturated carbocycles. The molecular weight excluding hydrogens is 336 g/mol. The first-order valence-electron chi connectivity index (χ1n) is 9.64. The molecule has 2 aromatic rings. The molecule has 0 aromatic heterocycles. The number of piperazine rings is 1. The Balaban J connectivity index is 1.57. The van der Waals surface area contributed by atoms with Crippen molar-refractivity contribution in [2.24, 2.45) is 0 Å². The molecule has 27 heavy (non-hydrogen) atoms. The van der Waals surface area contributed by atoms with Gasteiger partial charge < -0.3 is 10.2 Å². The molecule has 2 fully saturated rings. The monoisotopic (exact) mass is 362 g/mol. The summed E-state index contributed by atoms with van der Waals surface area (Å²) in [4.78, 5) is 15.2. The first kappa shape index (κ1) is 17.6. The molecular formula is C22H26N4O. The average Bonchev–Trinajstić information content (AvgIpc) is 3.06. The number of hydrazine groups is 1. The third-order valence-corrected chi connectivity index (χ3v) is 5.16. The lowest BCUT2D eigenvalue weighted by atomic mass is 10.0. The van der Waals surface area contributed by atoms with E-state index in [4.69, 9.17) is 0 Å². The van der Waals surface area contributed by atoms with E-state index >= 15 is 0 Å². The highest BCUT2D eigenvalue weighted by atomic mass is 16.2. The summed E-state index contributed by atoms with van der Waals surface area (Å²) in [7, 11) is 0. The summed E-state index contributed by atoms with van der Waals surface area (Å²) < 4.78 is 0. The van der Waals surface area contributed by atoms with Crippen LogP contribution in [0.2, 0.25) is 0 Å². The van der Waals surface area contributed by atoms with Gasteiger partial charge in [0.2, 0.25) is 5.91 Å². The van der Waals surface area contributed by atoms with E-state index in [9.17, 15) is 4.79 Å². The number of hydrogen-bond acceptors (Lipinski definition) is 4. The fourth-order valence-electron chi connectivity index (χ4n) is 3.80. The summed E-state index contributed by atoms with van der Waals surface area (Å²) in [6, 6.07) is 20.5. The number of nitrogens with zero attached hydrogens (tertiary/aromatic N) is 3. The topological polar surface area (TPSA) is 38.8 Å². The summed E-state index contributed by atoms with van der Waals surface area (Å²) in [5, 5.41) is 7.39. The number of benzene rings is 2. The number of hydrogen-bond donors (Lipinski definition) is 1. The van der Waals surface area contributed by atoms with Crippen LogP contribution in [0.1, 0.15) is 18.0 Å². The molecule has 2 aromatic carbocycles. The van der Waals surface area contributed by atoms with Crippen LogP contribution in [0.4, 0.5) is 5.69 Å². The van der Waals surface area contributed by atoms with Gasteiger partial charge in [0.15, 0.2) is 0 Å². The lowest BCUT2D eigenvalue weighted by Crippen LogP contribution is -2.42. The molecule has 4 rings (SSSR count). The van der Waals surface area contributed by atoms with Gasteiger partial charge in [-0.15, -0.1) is 0 Å². The number of carbonyl (C=O) groups excluding carboxylic acids is 1. The van der Waals surface area contributed by atoms with E-state index in [1.807, 2.05) is 41.4 Å². The Labute approximate surface area is 160 Å². The van der Waals surface area contributed by atoms with Gasteiger partial charge in [-0.05, 0) is 30.0 Å². The van der Waals surface area contributed by atoms with Gasteiger partial charge in [0.1, 0.15) is 0 Å². The SMILES string of the molecule is O=C1CC(c2ccccc2)N(c2ccccc2)N1CC=CN1CCNCC1. The fourth-order valence-corrected chi connectivity index (χ4v) is 3.80. The second-order valence-electron chi connectivity index (χ2n) is 6.96. The maximum atomic E-state index is 12.9. The molecule has 2 saturated heterocycles. The normalized spacial score (nSPS) is 20.7. The van der Waals surface area contributed by atoms with Crippen LogP contribution in [-0.4, -0.2) is 48.5 Å². The molecule has 5 nitrogen and oxygen atoms in total. The first-order valence-corrected chi connectivity index (χ1v) is 9.64. The summed E-state index contributed by atoms with van der Waals surface area (Å²) in [5.74, 6) is 0.165. The van der Waals surface area contributed by atoms with Crippen molar-refractivity contribution in [3.8, 4) is 0 Å². The molecule has 2 aliphatic heterocycles. The second-order valence-corrected chi connectivity index (χ2v) is 6.96. The van der Waals surface area contributed by atoms with Crippen molar-refractivity contribution in [1.82, 2.24) is 15.2 Å². The fraction of sp³-hybridized carbons (Fsp3) is 0.318. The van der Waals surface area contributed by atoms with Crippen LogP contribution in [0.15, 0.2) is 72.9 Å². The molecule has 2 aliphatic rings. The molecule has 2 heterocycles. The molecule has 1 amide bonds. The number of anilines is 1. The Morgan fingerprint density at radius 3 is 2.33 bits per heavy atom. The van der Waals surface area contributed by atoms with Crippen LogP contribution >= 0.6 is 0 Å². The van der Waals surface area contributed by atoms with Crippen molar-refractivity contribution in [1.29, 1.82) is 0 Å². The van der Waals surface area contributed by atoms with E-state index in [0.717, 1.165) is 31.9 Å². The predicted octanol–water partition coefficient (Wildman–Crippen LogP) is 2.80. The Bertz CT molecular complexity index is 771. The number of carbonyl (C=O) groups is 1. The van der Waals surface area contributed by atoms with Crippen molar-refractivity contribution in [2.45, 2.75) is 12.5 Å². The van der Waals surface area contributed by atoms with Gasteiger partial charge >= 0.3 is 0 Å². The van der Waals surface area contributed by atoms with Gasteiger partial charge in [0.05, 0.1) is 24.7 Å². The summed E-state index contributed by atoms with van der Waals surface area (Å²) in [5.41, 5.74) is 2.22. The highest BCUT2D eigenvalue weighted by molar-refractivity contribution is 5.83. The van der Waals surface area contributed by atoms with Crippen molar-refractivity contribution in [3.05, 3.63) is 78.5 Å². The van der Waals surface area contributed by atoms with E-state index in [0.29, 0.717) is 13.0 Å². The van der Waals surface area contributed by atoms with Crippen molar-refractivity contribution in [2.75, 3.05) is 37.7 Å². The second kappa shape index (κ2) is 8.27. The molecule has 5 heteroatoms. The maximum Gasteiger partial charge on any atom is 0.243 e. The van der Waals surface area contributed by atoms with E-state index in [-0.39, 0.29) is 11.9 Å². The van der Waals surface area contributed by atoms with Gasteiger partial charge in [-0.25, -0.2) is 5.01 Å². The molecule has 1 unspecified atom stereocenters. The van der Waals surface area contributed by atoms with Gasteiger partial charge in [-0.1, -0.05) is 48.5 Å². The number of para-hydroxylation sites is 1. The van der Waals surface area contributed by atoms with Gasteiger partial charge in [0.25, 0.3) is 0 Å². The Kier molecular flexibility index (Phi) is 5.39. The average molecular weight is 362 g/mol. The molecule has 0 radical (unpaired) electrons. The summed E-state index contributed by atoms with van der Waals surface area (Å²) >= 11 is 0. The standard InChI is InChI=1S/C22H26N4O/c27-22-18-21(19-8-3-1-4-9-19)26(20-10-5-2-6-11-20)25(22)15-7-14-24-16-12-23-13-17-24/h1-11,14,21,23H,12-13,15-18H2. The van der Waals surface area contributed by atoms with Crippen molar-refractivity contribution < 1.29 is 4.79 Å². The lowest BCUT2D eigenvalue weighted by molar-refractivity contribution is -0.127. The molecule has 0 aliphatic carbocycles. The van der Waals surface area contributed by atoms with Crippen molar-refractivity contribution in [3.63, 3.8) is 0 Å². The predicted molar refractivity (Wildman–Crippen MR) is 108 cm³/mol. The van der Waals surface area contributed by atoms with Crippen molar-refractivity contribution >= 4 is 11.6 Å². The Hall–Kier alpha value is -2.79. The molecule has 0 spiro atoms. The number of rotatable bonds is 5. The molecule has 1 atom stereocenters. The van der Waals surface area contributed by atoms with Gasteiger partial charge in [-0.2, -0.15) is 0 Å². The minimum absolute atomic E-state index is 0.0358.